The van der Waals surface area contributed by atoms with Gasteiger partial charge in [-0.3, -0.25) is 10.1 Å². The van der Waals surface area contributed by atoms with Crippen LogP contribution < -0.4 is 5.32 Å². The molecule has 0 radical (unpaired) electrons. The van der Waals surface area contributed by atoms with E-state index in [9.17, 15) is 10.1 Å². The molecule has 5 nitrogen and oxygen atoms in total. The Morgan fingerprint density at radius 3 is 2.92 bits per heavy atom. The Morgan fingerprint density at radius 2 is 2.46 bits per heavy atom. The van der Waals surface area contributed by atoms with Crippen molar-refractivity contribution < 1.29 is 4.92 Å². The van der Waals surface area contributed by atoms with Crippen LogP contribution in [0.2, 0.25) is 0 Å². The number of hydrogen-bond acceptors (Lipinski definition) is 5. The first-order valence-corrected chi connectivity index (χ1v) is 4.96. The van der Waals surface area contributed by atoms with E-state index in [1.165, 1.54) is 12.3 Å². The van der Waals surface area contributed by atoms with Crippen LogP contribution in [0.3, 0.4) is 0 Å². The average molecular weight is 199 g/mol. The molecule has 0 saturated heterocycles. The molecule has 0 spiro atoms. The zero-order valence-electron chi connectivity index (χ0n) is 7.06. The first-order chi connectivity index (χ1) is 6.24. The summed E-state index contributed by atoms with van der Waals surface area (Å²) in [5, 5.41) is 13.3. The van der Waals surface area contributed by atoms with Crippen LogP contribution >= 0.6 is 11.8 Å². The lowest BCUT2D eigenvalue weighted by Crippen LogP contribution is -1.99. The Bertz CT molecular complexity index is 288. The molecule has 1 aromatic rings. The number of nitro groups is 1. The molecule has 13 heavy (non-hydrogen) atoms. The van der Waals surface area contributed by atoms with Gasteiger partial charge in [-0.25, -0.2) is 4.98 Å². The van der Waals surface area contributed by atoms with Gasteiger partial charge in [0.05, 0.1) is 10.8 Å². The molecule has 1 aromatic heterocycles. The highest BCUT2D eigenvalue weighted by molar-refractivity contribution is 7.98. The van der Waals surface area contributed by atoms with Gasteiger partial charge >= 0.3 is 0 Å². The van der Waals surface area contributed by atoms with Gasteiger partial charge in [0.2, 0.25) is 0 Å². The smallest absolute Gasteiger partial charge is 0.287 e. The van der Waals surface area contributed by atoms with E-state index in [-0.39, 0.29) is 5.69 Å². The number of aromatic nitrogens is 1. The summed E-state index contributed by atoms with van der Waals surface area (Å²) in [6.45, 7) is 0. The number of thioether (sulfide) groups is 1. The second kappa shape index (κ2) is 4.66. The monoisotopic (exact) mass is 199 g/mol. The van der Waals surface area contributed by atoms with E-state index >= 15 is 0 Å². The number of hydrogen-bond donors (Lipinski definition) is 1. The maximum Gasteiger partial charge on any atom is 0.287 e. The summed E-state index contributed by atoms with van der Waals surface area (Å²) in [7, 11) is 0. The summed E-state index contributed by atoms with van der Waals surface area (Å²) in [4.78, 5) is 13.7. The Morgan fingerprint density at radius 1 is 1.69 bits per heavy atom. The number of anilines is 1. The fraction of sp³-hybridized carbons (Fsp3) is 0.286. The van der Waals surface area contributed by atoms with Crippen molar-refractivity contribution in [1.82, 2.24) is 4.98 Å². The van der Waals surface area contributed by atoms with Crippen LogP contribution in [0, 0.1) is 10.1 Å². The quantitative estimate of drug-likeness (QED) is 0.454. The normalized spacial score (nSPS) is 9.62. The van der Waals surface area contributed by atoms with Gasteiger partial charge in [-0.15, -0.1) is 11.8 Å². The number of pyridine rings is 1. The van der Waals surface area contributed by atoms with Gasteiger partial charge in [0, 0.05) is 6.07 Å². The Hall–Kier alpha value is -1.30. The van der Waals surface area contributed by atoms with Gasteiger partial charge in [-0.05, 0) is 12.3 Å². The van der Waals surface area contributed by atoms with Crippen LogP contribution in [0.5, 0.6) is 0 Å². The first kappa shape index (κ1) is 9.79. The number of rotatable bonds is 4. The molecule has 0 saturated carbocycles. The van der Waals surface area contributed by atoms with Crippen LogP contribution in [-0.4, -0.2) is 22.0 Å². The van der Waals surface area contributed by atoms with Crippen molar-refractivity contribution in [2.45, 2.75) is 0 Å². The standard InChI is InChI=1S/C7H9N3O2S/c1-13-5-9-7-3-2-6(4-8-7)10(11)12/h2-4H,5H2,1H3,(H,8,9). The van der Waals surface area contributed by atoms with E-state index in [0.29, 0.717) is 5.82 Å². The van der Waals surface area contributed by atoms with E-state index < -0.39 is 4.92 Å². The van der Waals surface area contributed by atoms with Crippen molar-refractivity contribution >= 4 is 23.3 Å². The lowest BCUT2D eigenvalue weighted by molar-refractivity contribution is -0.385. The van der Waals surface area contributed by atoms with Crippen LogP contribution in [0.4, 0.5) is 11.5 Å². The summed E-state index contributed by atoms with van der Waals surface area (Å²) >= 11 is 1.62. The number of nitrogens with zero attached hydrogens (tertiary/aromatic N) is 2. The molecule has 0 fully saturated rings. The largest absolute Gasteiger partial charge is 0.361 e. The maximum absolute atomic E-state index is 10.3. The highest BCUT2D eigenvalue weighted by Gasteiger charge is 2.03. The van der Waals surface area contributed by atoms with Gasteiger partial charge in [-0.2, -0.15) is 0 Å². The van der Waals surface area contributed by atoms with Crippen molar-refractivity contribution in [3.8, 4) is 0 Å². The summed E-state index contributed by atoms with van der Waals surface area (Å²) in [6.07, 6.45) is 3.20. The lowest BCUT2D eigenvalue weighted by atomic mass is 10.4. The predicted octanol–water partition coefficient (Wildman–Crippen LogP) is 1.72. The van der Waals surface area contributed by atoms with Gasteiger partial charge in [0.1, 0.15) is 12.0 Å². The molecule has 1 rings (SSSR count). The van der Waals surface area contributed by atoms with Crippen molar-refractivity contribution in [1.29, 1.82) is 0 Å². The van der Waals surface area contributed by atoms with Crippen molar-refractivity contribution in [3.63, 3.8) is 0 Å². The molecule has 0 unspecified atom stereocenters. The second-order valence-corrected chi connectivity index (χ2v) is 3.13. The summed E-state index contributed by atoms with van der Waals surface area (Å²) in [5.74, 6) is 1.39. The minimum absolute atomic E-state index is 0.00898. The van der Waals surface area contributed by atoms with Crippen molar-refractivity contribution in [2.75, 3.05) is 17.4 Å². The topological polar surface area (TPSA) is 68.1 Å². The van der Waals surface area contributed by atoms with E-state index in [1.54, 1.807) is 17.8 Å². The second-order valence-electron chi connectivity index (χ2n) is 2.27. The van der Waals surface area contributed by atoms with Crippen molar-refractivity contribution in [3.05, 3.63) is 28.4 Å². The maximum atomic E-state index is 10.3. The molecule has 0 bridgehead atoms. The molecule has 70 valence electrons. The fourth-order valence-electron chi connectivity index (χ4n) is 0.745. The highest BCUT2D eigenvalue weighted by atomic mass is 32.2. The fourth-order valence-corrected chi connectivity index (χ4v) is 1.04. The van der Waals surface area contributed by atoms with Crippen molar-refractivity contribution in [2.24, 2.45) is 0 Å². The molecule has 1 heterocycles. The minimum Gasteiger partial charge on any atom is -0.361 e. The molecular weight excluding hydrogens is 190 g/mol. The molecule has 0 aliphatic rings. The molecule has 0 amide bonds. The summed E-state index contributed by atoms with van der Waals surface area (Å²) in [6, 6.07) is 3.02. The Kier molecular flexibility index (Phi) is 3.51. The Balaban J connectivity index is 2.64. The molecular formula is C7H9N3O2S. The first-order valence-electron chi connectivity index (χ1n) is 3.57. The third kappa shape index (κ3) is 2.90. The Labute approximate surface area is 79.7 Å². The lowest BCUT2D eigenvalue weighted by Gasteiger charge is -2.01. The average Bonchev–Trinajstić information content (AvgIpc) is 2.15. The van der Waals surface area contributed by atoms with E-state index in [0.717, 1.165) is 5.88 Å². The molecule has 0 aliphatic carbocycles. The summed E-state index contributed by atoms with van der Waals surface area (Å²) in [5.41, 5.74) is 0.00898. The van der Waals surface area contributed by atoms with E-state index in [4.69, 9.17) is 0 Å². The SMILES string of the molecule is CSCNc1ccc([N+](=O)[O-])cn1. The van der Waals surface area contributed by atoms with Crippen LogP contribution in [0.15, 0.2) is 18.3 Å². The van der Waals surface area contributed by atoms with E-state index in [1.807, 2.05) is 6.26 Å². The van der Waals surface area contributed by atoms with Crippen LogP contribution in [-0.2, 0) is 0 Å². The third-order valence-electron chi connectivity index (χ3n) is 1.36. The number of nitrogens with one attached hydrogen (secondary N) is 1. The molecule has 6 heteroatoms. The van der Waals surface area contributed by atoms with Gasteiger partial charge in [0.15, 0.2) is 0 Å². The van der Waals surface area contributed by atoms with Gasteiger partial charge < -0.3 is 5.32 Å². The third-order valence-corrected chi connectivity index (χ3v) is 1.79. The zero-order valence-corrected chi connectivity index (χ0v) is 7.87. The van der Waals surface area contributed by atoms with E-state index in [2.05, 4.69) is 10.3 Å². The predicted molar refractivity (Wildman–Crippen MR) is 52.9 cm³/mol. The summed E-state index contributed by atoms with van der Waals surface area (Å²) < 4.78 is 0. The molecule has 0 atom stereocenters. The van der Waals surface area contributed by atoms with Gasteiger partial charge in [-0.1, -0.05) is 0 Å². The molecule has 1 N–H and O–H groups in total. The molecule has 0 aromatic carbocycles. The van der Waals surface area contributed by atoms with Gasteiger partial charge in [0.25, 0.3) is 5.69 Å². The van der Waals surface area contributed by atoms with Crippen LogP contribution in [0.1, 0.15) is 0 Å². The molecule has 0 aliphatic heterocycles. The van der Waals surface area contributed by atoms with Crippen LogP contribution in [0.25, 0.3) is 0 Å². The highest BCUT2D eigenvalue weighted by Crippen LogP contribution is 2.11. The zero-order chi connectivity index (χ0) is 9.68. The minimum atomic E-state index is -0.467.